The van der Waals surface area contributed by atoms with Crippen molar-refractivity contribution in [2.24, 2.45) is 11.3 Å². The summed E-state index contributed by atoms with van der Waals surface area (Å²) in [5.74, 6) is -0.767. The number of ether oxygens (including phenoxy) is 1. The average molecular weight is 332 g/mol. The molecule has 24 heavy (non-hydrogen) atoms. The van der Waals surface area contributed by atoms with Crippen molar-refractivity contribution >= 4 is 5.97 Å². The van der Waals surface area contributed by atoms with Gasteiger partial charge in [-0.1, -0.05) is 20.3 Å². The molecular weight excluding hydrogens is 308 g/mol. The minimum Gasteiger partial charge on any atom is -0.504 e. The van der Waals surface area contributed by atoms with Gasteiger partial charge in [0.25, 0.3) is 0 Å². The van der Waals surface area contributed by atoms with Gasteiger partial charge in [-0.05, 0) is 43.6 Å². The van der Waals surface area contributed by atoms with Gasteiger partial charge in [-0.15, -0.1) is 0 Å². The number of benzene rings is 1. The molecule has 1 saturated carbocycles. The number of hydrogen-bond donors (Lipinski definition) is 3. The maximum Gasteiger partial charge on any atom is 0.317 e. The molecule has 2 fully saturated rings. The molecule has 4 aliphatic rings. The molecule has 1 saturated heterocycles. The zero-order valence-electron chi connectivity index (χ0n) is 14.3. The van der Waals surface area contributed by atoms with Crippen LogP contribution in [0.4, 0.5) is 0 Å². The molecule has 2 aliphatic carbocycles. The smallest absolute Gasteiger partial charge is 0.317 e. The lowest BCUT2D eigenvalue weighted by Gasteiger charge is -2.58. The van der Waals surface area contributed by atoms with Gasteiger partial charge in [-0.25, -0.2) is 0 Å². The molecule has 5 nitrogen and oxygen atoms in total. The van der Waals surface area contributed by atoms with E-state index in [0.29, 0.717) is 12.0 Å². The van der Waals surface area contributed by atoms with Gasteiger partial charge in [0.15, 0.2) is 11.5 Å². The third kappa shape index (κ3) is 1.71. The van der Waals surface area contributed by atoms with Crippen molar-refractivity contribution < 1.29 is 24.9 Å². The number of esters is 1. The first-order chi connectivity index (χ1) is 11.2. The van der Waals surface area contributed by atoms with Gasteiger partial charge < -0.3 is 20.1 Å². The number of aromatic hydroxyl groups is 2. The van der Waals surface area contributed by atoms with Crippen LogP contribution >= 0.6 is 0 Å². The highest BCUT2D eigenvalue weighted by atomic mass is 16.5. The number of phenolic OH excluding ortho intramolecular Hbond substituents is 2. The maximum absolute atomic E-state index is 12.9. The van der Waals surface area contributed by atoms with Gasteiger partial charge in [0, 0.05) is 16.7 Å². The molecule has 130 valence electrons. The Bertz CT molecular complexity index is 736. The van der Waals surface area contributed by atoms with Gasteiger partial charge in [0.1, 0.15) is 11.5 Å². The fraction of sp³-hybridized carbons (Fsp3) is 0.632. The summed E-state index contributed by atoms with van der Waals surface area (Å²) in [6.07, 6.45) is 1.94. The third-order valence-electron chi connectivity index (χ3n) is 6.57. The largest absolute Gasteiger partial charge is 0.504 e. The summed E-state index contributed by atoms with van der Waals surface area (Å²) in [4.78, 5) is 12.9. The molecule has 1 aromatic rings. The Morgan fingerprint density at radius 2 is 1.96 bits per heavy atom. The monoisotopic (exact) mass is 332 g/mol. The SMILES string of the molecule is CC(O)c1cc2c(c(O)c1O)[C@@]13CCCC(C)(C)C1C[C@H]2OC3=O. The molecule has 3 N–H and O–H groups in total. The molecular formula is C19H24O5. The first-order valence-electron chi connectivity index (χ1n) is 8.68. The van der Waals surface area contributed by atoms with Crippen molar-refractivity contribution in [3.8, 4) is 11.5 Å². The summed E-state index contributed by atoms with van der Waals surface area (Å²) < 4.78 is 5.68. The Morgan fingerprint density at radius 1 is 1.25 bits per heavy atom. The van der Waals surface area contributed by atoms with E-state index in [9.17, 15) is 20.1 Å². The second kappa shape index (κ2) is 4.66. The van der Waals surface area contributed by atoms with Crippen molar-refractivity contribution in [1.29, 1.82) is 0 Å². The van der Waals surface area contributed by atoms with E-state index in [1.807, 2.05) is 0 Å². The van der Waals surface area contributed by atoms with Crippen LogP contribution < -0.4 is 0 Å². The van der Waals surface area contributed by atoms with Crippen molar-refractivity contribution in [3.63, 3.8) is 0 Å². The Hall–Kier alpha value is -1.75. The number of aliphatic hydroxyl groups is 1. The van der Waals surface area contributed by atoms with Crippen molar-refractivity contribution in [2.45, 2.75) is 64.1 Å². The molecule has 5 rings (SSSR count). The summed E-state index contributed by atoms with van der Waals surface area (Å²) in [5, 5.41) is 31.0. The van der Waals surface area contributed by atoms with Crippen LogP contribution in [0.2, 0.25) is 0 Å². The molecule has 5 heteroatoms. The van der Waals surface area contributed by atoms with E-state index in [0.717, 1.165) is 24.8 Å². The number of carbonyl (C=O) groups excluding carboxylic acids is 1. The Labute approximate surface area is 141 Å². The second-order valence-electron chi connectivity index (χ2n) is 8.30. The van der Waals surface area contributed by atoms with Crippen molar-refractivity contribution in [1.82, 2.24) is 0 Å². The van der Waals surface area contributed by atoms with E-state index in [4.69, 9.17) is 4.74 Å². The molecule has 2 unspecified atom stereocenters. The summed E-state index contributed by atoms with van der Waals surface area (Å²) in [6, 6.07) is 1.70. The lowest BCUT2D eigenvalue weighted by Crippen LogP contribution is -2.59. The van der Waals surface area contributed by atoms with Crippen LogP contribution in [-0.4, -0.2) is 21.3 Å². The van der Waals surface area contributed by atoms with Crippen LogP contribution in [0.15, 0.2) is 6.07 Å². The molecule has 1 aromatic carbocycles. The van der Waals surface area contributed by atoms with Crippen LogP contribution in [0.5, 0.6) is 11.5 Å². The average Bonchev–Trinajstić information content (AvgIpc) is 2.50. The Kier molecular flexibility index (Phi) is 3.06. The predicted molar refractivity (Wildman–Crippen MR) is 86.7 cm³/mol. The normalized spacial score (nSPS) is 34.2. The molecule has 0 amide bonds. The highest BCUT2D eigenvalue weighted by molar-refractivity contribution is 5.89. The minimum atomic E-state index is -0.909. The maximum atomic E-state index is 12.9. The van der Waals surface area contributed by atoms with E-state index in [1.165, 1.54) is 0 Å². The number of rotatable bonds is 1. The van der Waals surface area contributed by atoms with E-state index < -0.39 is 17.6 Å². The first-order valence-corrected chi connectivity index (χ1v) is 8.68. The zero-order chi connectivity index (χ0) is 17.4. The predicted octanol–water partition coefficient (Wildman–Crippen LogP) is 3.22. The quantitative estimate of drug-likeness (QED) is 0.543. The highest BCUT2D eigenvalue weighted by Gasteiger charge is 2.65. The molecule has 4 atom stereocenters. The topological polar surface area (TPSA) is 87.0 Å². The van der Waals surface area contributed by atoms with Gasteiger partial charge >= 0.3 is 5.97 Å². The standard InChI is InChI=1S/C19H24O5/c1-9(20)10-7-11-12-8-13-18(2,3)5-4-6-19(13,17(23)24-12)14(11)16(22)15(10)21/h7,9,12-13,20-22H,4-6,8H2,1-3H3/t9?,12-,13?,19-/m1/s1. The fourth-order valence-electron chi connectivity index (χ4n) is 5.43. The first kappa shape index (κ1) is 15.8. The van der Waals surface area contributed by atoms with Gasteiger partial charge in [0.05, 0.1) is 6.10 Å². The number of aliphatic hydroxyl groups excluding tert-OH is 1. The molecule has 0 radical (unpaired) electrons. The fourth-order valence-corrected chi connectivity index (χ4v) is 5.43. The molecule has 0 aromatic heterocycles. The third-order valence-corrected chi connectivity index (χ3v) is 6.57. The van der Waals surface area contributed by atoms with E-state index in [-0.39, 0.29) is 34.4 Å². The highest BCUT2D eigenvalue weighted by Crippen LogP contribution is 2.66. The van der Waals surface area contributed by atoms with Gasteiger partial charge in [-0.2, -0.15) is 0 Å². The van der Waals surface area contributed by atoms with Gasteiger partial charge in [0.2, 0.25) is 0 Å². The van der Waals surface area contributed by atoms with Crippen LogP contribution in [0.1, 0.15) is 75.4 Å². The molecule has 2 aliphatic heterocycles. The Morgan fingerprint density at radius 3 is 2.62 bits per heavy atom. The van der Waals surface area contributed by atoms with Crippen molar-refractivity contribution in [2.75, 3.05) is 0 Å². The number of fused-ring (bicyclic) bond motifs is 1. The Balaban J connectivity index is 2.02. The summed E-state index contributed by atoms with van der Waals surface area (Å²) >= 11 is 0. The lowest BCUT2D eigenvalue weighted by molar-refractivity contribution is -0.185. The van der Waals surface area contributed by atoms with Crippen LogP contribution in [0, 0.1) is 11.3 Å². The second-order valence-corrected chi connectivity index (χ2v) is 8.30. The number of carbonyl (C=O) groups is 1. The number of hydrogen-bond acceptors (Lipinski definition) is 5. The van der Waals surface area contributed by atoms with E-state index in [1.54, 1.807) is 13.0 Å². The lowest BCUT2D eigenvalue weighted by atomic mass is 9.47. The minimum absolute atomic E-state index is 0.0291. The molecule has 1 spiro atoms. The zero-order valence-corrected chi connectivity index (χ0v) is 14.3. The summed E-state index contributed by atoms with van der Waals surface area (Å²) in [5.41, 5.74) is 0.644. The van der Waals surface area contributed by atoms with Crippen LogP contribution in [-0.2, 0) is 14.9 Å². The molecule has 2 bridgehead atoms. The van der Waals surface area contributed by atoms with Crippen molar-refractivity contribution in [3.05, 3.63) is 22.8 Å². The molecule has 2 heterocycles. The number of phenols is 2. The van der Waals surface area contributed by atoms with E-state index >= 15 is 0 Å². The summed E-state index contributed by atoms with van der Waals surface area (Å²) in [7, 11) is 0. The van der Waals surface area contributed by atoms with Crippen LogP contribution in [0.25, 0.3) is 0 Å². The van der Waals surface area contributed by atoms with Crippen LogP contribution in [0.3, 0.4) is 0 Å². The van der Waals surface area contributed by atoms with Gasteiger partial charge in [-0.3, -0.25) is 4.79 Å². The summed E-state index contributed by atoms with van der Waals surface area (Å²) in [6.45, 7) is 5.89. The van der Waals surface area contributed by atoms with E-state index in [2.05, 4.69) is 13.8 Å².